The average Bonchev–Trinajstić information content (AvgIpc) is 2.56. The minimum Gasteiger partial charge on any atom is -0.550 e. The van der Waals surface area contributed by atoms with Crippen LogP contribution in [0.2, 0.25) is 0 Å². The summed E-state index contributed by atoms with van der Waals surface area (Å²) in [4.78, 5) is 14.6. The number of carboxylic acids is 1. The molecule has 0 saturated carbocycles. The zero-order valence-electron chi connectivity index (χ0n) is 8.43. The number of aryl methyl sites for hydroxylation is 2. The van der Waals surface area contributed by atoms with E-state index >= 15 is 0 Å². The van der Waals surface area contributed by atoms with Gasteiger partial charge in [0.25, 0.3) is 0 Å². The number of carbonyl (C=O) groups excluding carboxylic acids is 1. The van der Waals surface area contributed by atoms with E-state index in [2.05, 4.69) is 4.98 Å². The molecule has 15 heavy (non-hydrogen) atoms. The normalized spacial score (nSPS) is 10.7. The number of fused-ring (bicyclic) bond motifs is 1. The van der Waals surface area contributed by atoms with Gasteiger partial charge in [-0.25, -0.2) is 4.98 Å². The molecule has 2 aromatic heterocycles. The van der Waals surface area contributed by atoms with Crippen LogP contribution in [0.4, 0.5) is 0 Å². The Morgan fingerprint density at radius 3 is 3.00 bits per heavy atom. The number of carboxylic acid groups (broad SMARTS) is 1. The quantitative estimate of drug-likeness (QED) is 0.722. The number of imidazole rings is 1. The summed E-state index contributed by atoms with van der Waals surface area (Å²) in [6, 6.07) is 3.89. The van der Waals surface area contributed by atoms with E-state index in [1.807, 2.05) is 35.9 Å². The first-order valence-corrected chi connectivity index (χ1v) is 4.79. The number of hydrogen-bond donors (Lipinski definition) is 0. The molecule has 0 amide bonds. The first-order chi connectivity index (χ1) is 7.15. The number of aromatic nitrogens is 2. The highest BCUT2D eigenvalue weighted by molar-refractivity contribution is 5.64. The van der Waals surface area contributed by atoms with Crippen LogP contribution in [0.3, 0.4) is 0 Å². The van der Waals surface area contributed by atoms with Gasteiger partial charge >= 0.3 is 0 Å². The van der Waals surface area contributed by atoms with E-state index in [1.165, 1.54) is 0 Å². The summed E-state index contributed by atoms with van der Waals surface area (Å²) in [6.45, 7) is 2.00. The van der Waals surface area contributed by atoms with Crippen molar-refractivity contribution in [2.24, 2.45) is 0 Å². The van der Waals surface area contributed by atoms with E-state index in [4.69, 9.17) is 0 Å². The minimum absolute atomic E-state index is 0.0167. The zero-order valence-corrected chi connectivity index (χ0v) is 8.43. The van der Waals surface area contributed by atoms with Crippen LogP contribution in [0.5, 0.6) is 0 Å². The third kappa shape index (κ3) is 2.15. The molecule has 0 N–H and O–H groups in total. The molecule has 0 unspecified atom stereocenters. The second-order valence-corrected chi connectivity index (χ2v) is 3.58. The molecule has 2 heterocycles. The second kappa shape index (κ2) is 3.73. The molecule has 0 fully saturated rings. The van der Waals surface area contributed by atoms with E-state index in [0.717, 1.165) is 16.9 Å². The molecular formula is C11H11N2O2-. The van der Waals surface area contributed by atoms with Gasteiger partial charge in [-0.15, -0.1) is 0 Å². The highest BCUT2D eigenvalue weighted by Gasteiger charge is 2.01. The summed E-state index contributed by atoms with van der Waals surface area (Å²) in [5, 5.41) is 10.3. The number of hydrogen-bond acceptors (Lipinski definition) is 3. The Bertz CT molecular complexity index is 502. The molecule has 0 aliphatic carbocycles. The minimum atomic E-state index is -1.04. The molecule has 0 bridgehead atoms. The fourth-order valence-corrected chi connectivity index (χ4v) is 1.51. The third-order valence-corrected chi connectivity index (χ3v) is 2.23. The fraction of sp³-hybridized carbons (Fsp3) is 0.273. The zero-order chi connectivity index (χ0) is 10.8. The van der Waals surface area contributed by atoms with Gasteiger partial charge in [-0.1, -0.05) is 6.07 Å². The molecule has 4 nitrogen and oxygen atoms in total. The summed E-state index contributed by atoms with van der Waals surface area (Å²) in [7, 11) is 0. The Hall–Kier alpha value is -1.84. The second-order valence-electron chi connectivity index (χ2n) is 3.58. The number of nitrogens with zero attached hydrogens (tertiary/aromatic N) is 2. The molecule has 0 spiro atoms. The van der Waals surface area contributed by atoms with Crippen LogP contribution in [0.15, 0.2) is 24.5 Å². The van der Waals surface area contributed by atoms with Crippen LogP contribution in [0.25, 0.3) is 5.65 Å². The van der Waals surface area contributed by atoms with Gasteiger partial charge in [-0.2, -0.15) is 0 Å². The number of rotatable bonds is 3. The molecule has 4 heteroatoms. The van der Waals surface area contributed by atoms with Gasteiger partial charge in [-0.3, -0.25) is 0 Å². The van der Waals surface area contributed by atoms with Gasteiger partial charge in [0.05, 0.1) is 5.69 Å². The van der Waals surface area contributed by atoms with Gasteiger partial charge in [0.2, 0.25) is 0 Å². The Labute approximate surface area is 87.2 Å². The Morgan fingerprint density at radius 1 is 1.47 bits per heavy atom. The maximum atomic E-state index is 10.3. The summed E-state index contributed by atoms with van der Waals surface area (Å²) in [5.74, 6) is -1.04. The largest absolute Gasteiger partial charge is 0.550 e. The van der Waals surface area contributed by atoms with Gasteiger partial charge in [-0.05, 0) is 31.4 Å². The van der Waals surface area contributed by atoms with E-state index < -0.39 is 5.97 Å². The lowest BCUT2D eigenvalue weighted by atomic mass is 10.2. The van der Waals surface area contributed by atoms with Crippen molar-refractivity contribution in [1.82, 2.24) is 9.38 Å². The van der Waals surface area contributed by atoms with Crippen molar-refractivity contribution in [1.29, 1.82) is 0 Å². The Kier molecular flexibility index (Phi) is 2.41. The first-order valence-electron chi connectivity index (χ1n) is 4.79. The van der Waals surface area contributed by atoms with Crippen molar-refractivity contribution in [3.05, 3.63) is 35.8 Å². The molecule has 2 rings (SSSR count). The molecule has 0 saturated heterocycles. The lowest BCUT2D eigenvalue weighted by Gasteiger charge is -1.96. The lowest BCUT2D eigenvalue weighted by Crippen LogP contribution is -2.22. The van der Waals surface area contributed by atoms with Crippen LogP contribution >= 0.6 is 0 Å². The van der Waals surface area contributed by atoms with Crippen molar-refractivity contribution in [3.63, 3.8) is 0 Å². The van der Waals surface area contributed by atoms with Gasteiger partial charge in [0.15, 0.2) is 0 Å². The van der Waals surface area contributed by atoms with Crippen LogP contribution in [-0.2, 0) is 11.2 Å². The molecular weight excluding hydrogens is 192 g/mol. The predicted octanol–water partition coefficient (Wildman–Crippen LogP) is 0.325. The Morgan fingerprint density at radius 2 is 2.27 bits per heavy atom. The molecule has 0 atom stereocenters. The summed E-state index contributed by atoms with van der Waals surface area (Å²) < 4.78 is 1.90. The number of pyridine rings is 1. The molecule has 2 aromatic rings. The van der Waals surface area contributed by atoms with Gasteiger partial charge in [0.1, 0.15) is 5.65 Å². The Balaban J connectivity index is 2.27. The predicted molar refractivity (Wildman–Crippen MR) is 53.3 cm³/mol. The highest BCUT2D eigenvalue weighted by Crippen LogP contribution is 2.08. The topological polar surface area (TPSA) is 57.4 Å². The van der Waals surface area contributed by atoms with Crippen LogP contribution in [0, 0.1) is 6.92 Å². The van der Waals surface area contributed by atoms with E-state index in [1.54, 1.807) is 0 Å². The van der Waals surface area contributed by atoms with E-state index in [9.17, 15) is 9.90 Å². The van der Waals surface area contributed by atoms with E-state index in [0.29, 0.717) is 6.42 Å². The molecule has 0 aliphatic rings. The van der Waals surface area contributed by atoms with E-state index in [-0.39, 0.29) is 6.42 Å². The standard InChI is InChI=1S/C11H12N2O2/c1-8-2-4-10-12-9(3-5-11(14)15)7-13(10)6-8/h2,4,6-7H,3,5H2,1H3,(H,14,15)/p-1. The summed E-state index contributed by atoms with van der Waals surface area (Å²) >= 11 is 0. The molecule has 78 valence electrons. The summed E-state index contributed by atoms with van der Waals surface area (Å²) in [6.07, 6.45) is 4.25. The monoisotopic (exact) mass is 203 g/mol. The van der Waals surface area contributed by atoms with Gasteiger partial charge < -0.3 is 14.3 Å². The molecule has 0 aliphatic heterocycles. The highest BCUT2D eigenvalue weighted by atomic mass is 16.4. The maximum Gasteiger partial charge on any atom is 0.136 e. The van der Waals surface area contributed by atoms with Crippen molar-refractivity contribution < 1.29 is 9.90 Å². The lowest BCUT2D eigenvalue weighted by molar-refractivity contribution is -0.305. The average molecular weight is 203 g/mol. The number of carbonyl (C=O) groups is 1. The summed E-state index contributed by atoms with van der Waals surface area (Å²) in [5.41, 5.74) is 2.77. The SMILES string of the molecule is Cc1ccc2nc(CCC(=O)[O-])cn2c1. The fourth-order valence-electron chi connectivity index (χ4n) is 1.51. The van der Waals surface area contributed by atoms with Crippen molar-refractivity contribution in [3.8, 4) is 0 Å². The van der Waals surface area contributed by atoms with Crippen LogP contribution < -0.4 is 5.11 Å². The smallest absolute Gasteiger partial charge is 0.136 e. The molecule has 0 radical (unpaired) electrons. The maximum absolute atomic E-state index is 10.3. The van der Waals surface area contributed by atoms with Crippen molar-refractivity contribution >= 4 is 11.6 Å². The first kappa shape index (κ1) is 9.71. The van der Waals surface area contributed by atoms with Crippen LogP contribution in [-0.4, -0.2) is 15.4 Å². The van der Waals surface area contributed by atoms with Crippen molar-refractivity contribution in [2.45, 2.75) is 19.8 Å². The number of aliphatic carboxylic acids is 1. The van der Waals surface area contributed by atoms with Crippen molar-refractivity contribution in [2.75, 3.05) is 0 Å². The third-order valence-electron chi connectivity index (χ3n) is 2.23. The molecule has 0 aromatic carbocycles. The van der Waals surface area contributed by atoms with Crippen LogP contribution in [0.1, 0.15) is 17.7 Å². The van der Waals surface area contributed by atoms with Gasteiger partial charge in [0, 0.05) is 18.4 Å².